The first-order chi connectivity index (χ1) is 12.7. The molecule has 2 aromatic carbocycles. The second kappa shape index (κ2) is 7.58. The summed E-state index contributed by atoms with van der Waals surface area (Å²) in [6.07, 6.45) is 4.71. The van der Waals surface area contributed by atoms with Crippen LogP contribution in [0.15, 0.2) is 48.5 Å². The van der Waals surface area contributed by atoms with Crippen LogP contribution in [0.5, 0.6) is 0 Å². The Balaban J connectivity index is 1.59. The lowest BCUT2D eigenvalue weighted by atomic mass is 9.88. The third kappa shape index (κ3) is 3.51. The molecule has 26 heavy (non-hydrogen) atoms. The number of carbonyl (C=O) groups is 1. The number of fused-ring (bicyclic) bond motifs is 1. The fourth-order valence-corrected chi connectivity index (χ4v) is 4.28. The average molecular weight is 352 g/mol. The van der Waals surface area contributed by atoms with Gasteiger partial charge in [-0.25, -0.2) is 4.39 Å². The van der Waals surface area contributed by atoms with Crippen LogP contribution in [-0.4, -0.2) is 29.9 Å². The maximum Gasteiger partial charge on any atom is 0.223 e. The average Bonchev–Trinajstić information content (AvgIpc) is 3.19. The minimum Gasteiger partial charge on any atom is -0.331 e. The molecule has 136 valence electrons. The van der Waals surface area contributed by atoms with E-state index >= 15 is 0 Å². The summed E-state index contributed by atoms with van der Waals surface area (Å²) in [5.74, 6) is -0.0504. The van der Waals surface area contributed by atoms with Gasteiger partial charge in [-0.05, 0) is 61.1 Å². The van der Waals surface area contributed by atoms with E-state index in [1.54, 1.807) is 12.1 Å². The van der Waals surface area contributed by atoms with E-state index in [9.17, 15) is 9.18 Å². The van der Waals surface area contributed by atoms with Crippen LogP contribution in [0.2, 0.25) is 0 Å². The Morgan fingerprint density at radius 3 is 2.73 bits per heavy atom. The molecular weight excluding hydrogens is 327 g/mol. The van der Waals surface area contributed by atoms with Crippen molar-refractivity contribution in [1.29, 1.82) is 0 Å². The van der Waals surface area contributed by atoms with Crippen LogP contribution >= 0.6 is 0 Å². The van der Waals surface area contributed by atoms with Crippen LogP contribution in [-0.2, 0) is 11.2 Å². The van der Waals surface area contributed by atoms with E-state index in [-0.39, 0.29) is 17.8 Å². The molecule has 2 aliphatic heterocycles. The van der Waals surface area contributed by atoms with Gasteiger partial charge in [-0.15, -0.1) is 0 Å². The molecule has 1 fully saturated rings. The number of amides is 1. The Kier molecular flexibility index (Phi) is 5.02. The fourth-order valence-electron chi connectivity index (χ4n) is 4.28. The Labute approximate surface area is 154 Å². The van der Waals surface area contributed by atoms with E-state index in [4.69, 9.17) is 0 Å². The predicted octanol–water partition coefficient (Wildman–Crippen LogP) is 3.83. The molecule has 0 unspecified atom stereocenters. The highest BCUT2D eigenvalue weighted by atomic mass is 19.1. The number of nitrogens with one attached hydrogen (secondary N) is 1. The maximum absolute atomic E-state index is 13.4. The van der Waals surface area contributed by atoms with E-state index in [0.29, 0.717) is 12.5 Å². The number of halogens is 1. The SMILES string of the molecule is O=C(CC[C@H]1CCCN1)N1CCc2ccccc2[C@@H]1c1ccc(F)cc1. The molecule has 0 radical (unpaired) electrons. The number of hydrogen-bond donors (Lipinski definition) is 1. The molecule has 1 saturated heterocycles. The zero-order valence-corrected chi connectivity index (χ0v) is 15.0. The molecule has 0 aliphatic carbocycles. The lowest BCUT2D eigenvalue weighted by Crippen LogP contribution is -2.41. The summed E-state index contributed by atoms with van der Waals surface area (Å²) in [5, 5.41) is 3.47. The molecular formula is C22H25FN2O. The van der Waals surface area contributed by atoms with Crippen LogP contribution in [0.3, 0.4) is 0 Å². The third-order valence-electron chi connectivity index (χ3n) is 5.66. The van der Waals surface area contributed by atoms with Crippen molar-refractivity contribution in [2.75, 3.05) is 13.1 Å². The number of nitrogens with zero attached hydrogens (tertiary/aromatic N) is 1. The van der Waals surface area contributed by atoms with Gasteiger partial charge in [-0.2, -0.15) is 0 Å². The van der Waals surface area contributed by atoms with Gasteiger partial charge in [0.15, 0.2) is 0 Å². The summed E-state index contributed by atoms with van der Waals surface area (Å²) in [6, 6.07) is 15.2. The Hall–Kier alpha value is -2.20. The molecule has 0 saturated carbocycles. The summed E-state index contributed by atoms with van der Waals surface area (Å²) >= 11 is 0. The Bertz CT molecular complexity index is 768. The van der Waals surface area contributed by atoms with Gasteiger partial charge in [0.05, 0.1) is 6.04 Å². The minimum absolute atomic E-state index is 0.121. The molecule has 2 heterocycles. The normalized spacial score (nSPS) is 22.3. The van der Waals surface area contributed by atoms with Gasteiger partial charge in [0.2, 0.25) is 5.91 Å². The summed E-state index contributed by atoms with van der Waals surface area (Å²) in [4.78, 5) is 15.0. The fraction of sp³-hybridized carbons (Fsp3) is 0.409. The van der Waals surface area contributed by atoms with Crippen molar-refractivity contribution in [3.63, 3.8) is 0 Å². The molecule has 0 aromatic heterocycles. The lowest BCUT2D eigenvalue weighted by molar-refractivity contribution is -0.133. The van der Waals surface area contributed by atoms with Gasteiger partial charge in [0.25, 0.3) is 0 Å². The first-order valence-corrected chi connectivity index (χ1v) is 9.58. The molecule has 2 aliphatic rings. The van der Waals surface area contributed by atoms with Crippen LogP contribution in [0.1, 0.15) is 48.4 Å². The third-order valence-corrected chi connectivity index (χ3v) is 5.66. The second-order valence-corrected chi connectivity index (χ2v) is 7.32. The second-order valence-electron chi connectivity index (χ2n) is 7.32. The molecule has 1 amide bonds. The highest BCUT2D eigenvalue weighted by molar-refractivity contribution is 5.78. The number of carbonyl (C=O) groups excluding carboxylic acids is 1. The van der Waals surface area contributed by atoms with Crippen molar-refractivity contribution in [1.82, 2.24) is 10.2 Å². The Morgan fingerprint density at radius 1 is 1.15 bits per heavy atom. The van der Waals surface area contributed by atoms with Gasteiger partial charge >= 0.3 is 0 Å². The Morgan fingerprint density at radius 2 is 1.96 bits per heavy atom. The van der Waals surface area contributed by atoms with Crippen molar-refractivity contribution in [3.05, 3.63) is 71.0 Å². The van der Waals surface area contributed by atoms with Gasteiger partial charge in [-0.1, -0.05) is 36.4 Å². The topological polar surface area (TPSA) is 32.3 Å². The largest absolute Gasteiger partial charge is 0.331 e. The number of benzene rings is 2. The number of hydrogen-bond acceptors (Lipinski definition) is 2. The maximum atomic E-state index is 13.4. The predicted molar refractivity (Wildman–Crippen MR) is 100 cm³/mol. The van der Waals surface area contributed by atoms with Crippen molar-refractivity contribution in [2.45, 2.75) is 44.2 Å². The van der Waals surface area contributed by atoms with Gasteiger partial charge in [-0.3, -0.25) is 4.79 Å². The summed E-state index contributed by atoms with van der Waals surface area (Å²) in [6.45, 7) is 1.78. The van der Waals surface area contributed by atoms with Crippen LogP contribution in [0.25, 0.3) is 0 Å². The van der Waals surface area contributed by atoms with Crippen molar-refractivity contribution in [3.8, 4) is 0 Å². The zero-order valence-electron chi connectivity index (χ0n) is 15.0. The minimum atomic E-state index is -0.247. The lowest BCUT2D eigenvalue weighted by Gasteiger charge is -2.38. The summed E-state index contributed by atoms with van der Waals surface area (Å²) < 4.78 is 13.4. The molecule has 0 bridgehead atoms. The van der Waals surface area contributed by atoms with E-state index in [2.05, 4.69) is 17.4 Å². The van der Waals surface area contributed by atoms with Crippen LogP contribution in [0.4, 0.5) is 4.39 Å². The molecule has 2 aromatic rings. The molecule has 4 rings (SSSR count). The summed E-state index contributed by atoms with van der Waals surface area (Å²) in [5.41, 5.74) is 3.42. The first-order valence-electron chi connectivity index (χ1n) is 9.58. The van der Waals surface area contributed by atoms with Gasteiger partial charge in [0.1, 0.15) is 5.82 Å². The molecule has 0 spiro atoms. The zero-order chi connectivity index (χ0) is 17.9. The van der Waals surface area contributed by atoms with E-state index in [1.807, 2.05) is 17.0 Å². The molecule has 3 nitrogen and oxygen atoms in total. The van der Waals surface area contributed by atoms with Crippen LogP contribution in [0, 0.1) is 5.82 Å². The van der Waals surface area contributed by atoms with E-state index in [1.165, 1.54) is 24.1 Å². The van der Waals surface area contributed by atoms with E-state index < -0.39 is 0 Å². The quantitative estimate of drug-likeness (QED) is 0.907. The molecule has 4 heteroatoms. The standard InChI is InChI=1S/C22H25FN2O/c23-18-9-7-17(8-10-18)22-20-6-2-1-4-16(20)13-15-25(22)21(26)12-11-19-5-3-14-24-19/h1-2,4,6-10,19,22,24H,3,5,11-15H2/t19-,22+/m1/s1. The monoisotopic (exact) mass is 352 g/mol. The first kappa shape index (κ1) is 17.2. The molecule has 2 atom stereocenters. The highest BCUT2D eigenvalue weighted by Crippen LogP contribution is 2.35. The van der Waals surface area contributed by atoms with Crippen molar-refractivity contribution >= 4 is 5.91 Å². The van der Waals surface area contributed by atoms with E-state index in [0.717, 1.165) is 43.5 Å². The smallest absolute Gasteiger partial charge is 0.223 e. The van der Waals surface area contributed by atoms with Gasteiger partial charge in [0, 0.05) is 19.0 Å². The molecule has 1 N–H and O–H groups in total. The van der Waals surface area contributed by atoms with Crippen molar-refractivity contribution < 1.29 is 9.18 Å². The van der Waals surface area contributed by atoms with Crippen molar-refractivity contribution in [2.24, 2.45) is 0 Å². The van der Waals surface area contributed by atoms with Gasteiger partial charge < -0.3 is 10.2 Å². The summed E-state index contributed by atoms with van der Waals surface area (Å²) in [7, 11) is 0. The highest BCUT2D eigenvalue weighted by Gasteiger charge is 2.32. The number of rotatable bonds is 4. The van der Waals surface area contributed by atoms with Crippen LogP contribution < -0.4 is 5.32 Å².